The second-order valence-electron chi connectivity index (χ2n) is 6.79. The van der Waals surface area contributed by atoms with Gasteiger partial charge in [-0.3, -0.25) is 9.69 Å². The third-order valence-corrected chi connectivity index (χ3v) is 5.63. The number of carbonyl (C=O) groups excluding carboxylic acids is 2. The SMILES string of the molecule is COC(=O)c1ccc(C(=O)N(CCCN(C)C)c2nc3ccc(Cl)cc3s2)cc1. The highest BCUT2D eigenvalue weighted by molar-refractivity contribution is 7.22. The molecule has 1 heterocycles. The van der Waals surface area contributed by atoms with Crippen LogP contribution in [0.5, 0.6) is 0 Å². The highest BCUT2D eigenvalue weighted by atomic mass is 35.5. The lowest BCUT2D eigenvalue weighted by atomic mass is 10.1. The number of nitrogens with zero attached hydrogens (tertiary/aromatic N) is 3. The maximum atomic E-state index is 13.3. The van der Waals surface area contributed by atoms with Gasteiger partial charge >= 0.3 is 5.97 Å². The Morgan fingerprint density at radius 3 is 2.41 bits per heavy atom. The summed E-state index contributed by atoms with van der Waals surface area (Å²) in [6.45, 7) is 1.38. The number of esters is 1. The lowest BCUT2D eigenvalue weighted by molar-refractivity contribution is 0.0600. The number of benzene rings is 2. The van der Waals surface area contributed by atoms with Gasteiger partial charge in [0.05, 0.1) is 22.9 Å². The lowest BCUT2D eigenvalue weighted by Crippen LogP contribution is -2.33. The van der Waals surface area contributed by atoms with Crippen molar-refractivity contribution >= 4 is 50.2 Å². The molecule has 0 aliphatic carbocycles. The average molecular weight is 432 g/mol. The van der Waals surface area contributed by atoms with Gasteiger partial charge in [-0.05, 0) is 69.5 Å². The minimum atomic E-state index is -0.435. The molecule has 1 aromatic heterocycles. The Kier molecular flexibility index (Phi) is 6.84. The summed E-state index contributed by atoms with van der Waals surface area (Å²) in [4.78, 5) is 33.3. The van der Waals surface area contributed by atoms with Crippen molar-refractivity contribution < 1.29 is 14.3 Å². The fourth-order valence-electron chi connectivity index (χ4n) is 2.85. The molecular weight excluding hydrogens is 410 g/mol. The number of methoxy groups -OCH3 is 1. The average Bonchev–Trinajstić information content (AvgIpc) is 3.12. The smallest absolute Gasteiger partial charge is 0.337 e. The first-order chi connectivity index (χ1) is 13.9. The zero-order chi connectivity index (χ0) is 21.0. The van der Waals surface area contributed by atoms with E-state index in [2.05, 4.69) is 9.88 Å². The second kappa shape index (κ2) is 9.35. The Morgan fingerprint density at radius 1 is 1.07 bits per heavy atom. The molecule has 6 nitrogen and oxygen atoms in total. The van der Waals surface area contributed by atoms with Gasteiger partial charge in [0.1, 0.15) is 0 Å². The minimum absolute atomic E-state index is 0.162. The van der Waals surface area contributed by atoms with Crippen molar-refractivity contribution in [3.05, 3.63) is 58.6 Å². The molecule has 0 fully saturated rings. The molecule has 3 rings (SSSR count). The third-order valence-electron chi connectivity index (χ3n) is 4.36. The molecule has 2 aromatic carbocycles. The molecule has 0 saturated carbocycles. The van der Waals surface area contributed by atoms with E-state index >= 15 is 0 Å². The lowest BCUT2D eigenvalue weighted by Gasteiger charge is -2.21. The van der Waals surface area contributed by atoms with E-state index in [1.807, 2.05) is 26.2 Å². The third kappa shape index (κ3) is 5.12. The zero-order valence-corrected chi connectivity index (χ0v) is 18.1. The van der Waals surface area contributed by atoms with E-state index in [1.165, 1.54) is 18.4 Å². The zero-order valence-electron chi connectivity index (χ0n) is 16.5. The van der Waals surface area contributed by atoms with E-state index in [0.29, 0.717) is 27.8 Å². The van der Waals surface area contributed by atoms with Gasteiger partial charge < -0.3 is 9.64 Å². The first-order valence-corrected chi connectivity index (χ1v) is 10.3. The molecule has 0 spiro atoms. The molecule has 152 valence electrons. The van der Waals surface area contributed by atoms with E-state index in [1.54, 1.807) is 35.2 Å². The molecule has 0 aliphatic heterocycles. The molecule has 1 amide bonds. The predicted octanol–water partition coefficient (Wildman–Crippen LogP) is 4.33. The molecule has 3 aromatic rings. The van der Waals surface area contributed by atoms with Crippen molar-refractivity contribution in [3.63, 3.8) is 0 Å². The van der Waals surface area contributed by atoms with Crippen LogP contribution in [-0.2, 0) is 4.74 Å². The van der Waals surface area contributed by atoms with Crippen LogP contribution in [0.2, 0.25) is 5.02 Å². The predicted molar refractivity (Wildman–Crippen MR) is 117 cm³/mol. The van der Waals surface area contributed by atoms with Gasteiger partial charge in [0.25, 0.3) is 5.91 Å². The molecule has 29 heavy (non-hydrogen) atoms. The van der Waals surface area contributed by atoms with Gasteiger partial charge in [-0.15, -0.1) is 0 Å². The Bertz CT molecular complexity index is 1020. The van der Waals surface area contributed by atoms with Gasteiger partial charge in [0, 0.05) is 17.1 Å². The molecule has 0 atom stereocenters. The minimum Gasteiger partial charge on any atom is -0.465 e. The van der Waals surface area contributed by atoms with E-state index in [4.69, 9.17) is 16.3 Å². The summed E-state index contributed by atoms with van der Waals surface area (Å²) in [5.74, 6) is -0.597. The summed E-state index contributed by atoms with van der Waals surface area (Å²) < 4.78 is 5.64. The molecule has 8 heteroatoms. The summed E-state index contributed by atoms with van der Waals surface area (Å²) in [7, 11) is 5.32. The number of anilines is 1. The van der Waals surface area contributed by atoms with Crippen molar-refractivity contribution in [2.45, 2.75) is 6.42 Å². The Morgan fingerprint density at radius 2 is 1.76 bits per heavy atom. The van der Waals surface area contributed by atoms with Gasteiger partial charge in [0.2, 0.25) is 0 Å². The summed E-state index contributed by atoms with van der Waals surface area (Å²) >= 11 is 7.53. The fourth-order valence-corrected chi connectivity index (χ4v) is 4.12. The fraction of sp³-hybridized carbons (Fsp3) is 0.286. The quantitative estimate of drug-likeness (QED) is 0.521. The van der Waals surface area contributed by atoms with Crippen LogP contribution in [-0.4, -0.2) is 56.1 Å². The Hall–Kier alpha value is -2.48. The summed E-state index contributed by atoms with van der Waals surface area (Å²) in [6.07, 6.45) is 0.801. The van der Waals surface area contributed by atoms with Crippen LogP contribution in [0, 0.1) is 0 Å². The Labute approximate surface area is 178 Å². The maximum Gasteiger partial charge on any atom is 0.337 e. The van der Waals surface area contributed by atoms with E-state index in [9.17, 15) is 9.59 Å². The molecular formula is C21H22ClN3O3S. The number of carbonyl (C=O) groups is 2. The molecule has 0 saturated heterocycles. The molecule has 0 N–H and O–H groups in total. The number of fused-ring (bicyclic) bond motifs is 1. The van der Waals surface area contributed by atoms with Crippen molar-refractivity contribution in [2.24, 2.45) is 0 Å². The normalized spacial score (nSPS) is 11.1. The molecule has 0 unspecified atom stereocenters. The van der Waals surface area contributed by atoms with Crippen LogP contribution in [0.3, 0.4) is 0 Å². The van der Waals surface area contributed by atoms with Crippen molar-refractivity contribution in [1.82, 2.24) is 9.88 Å². The monoisotopic (exact) mass is 431 g/mol. The first-order valence-electron chi connectivity index (χ1n) is 9.10. The van der Waals surface area contributed by atoms with E-state index in [0.717, 1.165) is 23.2 Å². The largest absolute Gasteiger partial charge is 0.465 e. The number of aromatic nitrogens is 1. The van der Waals surface area contributed by atoms with Gasteiger partial charge in [-0.25, -0.2) is 9.78 Å². The molecule has 0 aliphatic rings. The van der Waals surface area contributed by atoms with Crippen molar-refractivity contribution in [1.29, 1.82) is 0 Å². The van der Waals surface area contributed by atoms with Gasteiger partial charge in [-0.1, -0.05) is 22.9 Å². The van der Waals surface area contributed by atoms with Crippen LogP contribution in [0.15, 0.2) is 42.5 Å². The number of hydrogen-bond donors (Lipinski definition) is 0. The topological polar surface area (TPSA) is 62.7 Å². The highest BCUT2D eigenvalue weighted by Crippen LogP contribution is 2.31. The number of thiazole rings is 1. The number of amides is 1. The molecule has 0 radical (unpaired) electrons. The van der Waals surface area contributed by atoms with Gasteiger partial charge in [0.15, 0.2) is 5.13 Å². The Balaban J connectivity index is 1.91. The van der Waals surface area contributed by atoms with Crippen molar-refractivity contribution in [2.75, 3.05) is 39.2 Å². The second-order valence-corrected chi connectivity index (χ2v) is 8.24. The van der Waals surface area contributed by atoms with E-state index in [-0.39, 0.29) is 5.91 Å². The van der Waals surface area contributed by atoms with Gasteiger partial charge in [-0.2, -0.15) is 0 Å². The number of rotatable bonds is 7. The first kappa shape index (κ1) is 21.2. The standard InChI is InChI=1S/C21H22ClN3O3S/c1-24(2)11-4-12-25(21-23-17-10-9-16(22)13-18(17)29-21)19(26)14-5-7-15(8-6-14)20(27)28-3/h5-10,13H,4,11-12H2,1-3H3. The number of ether oxygens (including phenoxy) is 1. The van der Waals surface area contributed by atoms with E-state index < -0.39 is 5.97 Å². The van der Waals surface area contributed by atoms with Crippen LogP contribution < -0.4 is 4.90 Å². The van der Waals surface area contributed by atoms with Crippen LogP contribution >= 0.6 is 22.9 Å². The summed E-state index contributed by atoms with van der Waals surface area (Å²) in [5, 5.41) is 1.26. The summed E-state index contributed by atoms with van der Waals surface area (Å²) in [6, 6.07) is 12.0. The van der Waals surface area contributed by atoms with Crippen LogP contribution in [0.4, 0.5) is 5.13 Å². The van der Waals surface area contributed by atoms with Crippen LogP contribution in [0.25, 0.3) is 10.2 Å². The van der Waals surface area contributed by atoms with Crippen LogP contribution in [0.1, 0.15) is 27.1 Å². The highest BCUT2D eigenvalue weighted by Gasteiger charge is 2.21. The summed E-state index contributed by atoms with van der Waals surface area (Å²) in [5.41, 5.74) is 1.69. The number of halogens is 1. The van der Waals surface area contributed by atoms with Crippen molar-refractivity contribution in [3.8, 4) is 0 Å². The number of hydrogen-bond acceptors (Lipinski definition) is 6. The molecule has 0 bridgehead atoms. The maximum absolute atomic E-state index is 13.3.